The lowest BCUT2D eigenvalue weighted by atomic mass is 10.3. The number of methoxy groups -OCH3 is 1. The van der Waals surface area contributed by atoms with Crippen LogP contribution in [0, 0.1) is 0 Å². The molecular formula is C18H22N2O5S. The Balaban J connectivity index is 1.90. The third kappa shape index (κ3) is 5.75. The van der Waals surface area contributed by atoms with Crippen molar-refractivity contribution in [1.82, 2.24) is 4.72 Å². The smallest absolute Gasteiger partial charge is 0.241 e. The van der Waals surface area contributed by atoms with Gasteiger partial charge >= 0.3 is 0 Å². The van der Waals surface area contributed by atoms with E-state index in [9.17, 15) is 13.2 Å². The summed E-state index contributed by atoms with van der Waals surface area (Å²) in [6, 6.07) is 12.7. The van der Waals surface area contributed by atoms with Gasteiger partial charge in [-0.2, -0.15) is 0 Å². The van der Waals surface area contributed by atoms with Gasteiger partial charge in [-0.05, 0) is 62.4 Å². The second kappa shape index (κ2) is 8.68. The van der Waals surface area contributed by atoms with Crippen molar-refractivity contribution in [1.29, 1.82) is 0 Å². The zero-order valence-electron chi connectivity index (χ0n) is 14.9. The van der Waals surface area contributed by atoms with Crippen molar-refractivity contribution in [2.24, 2.45) is 0 Å². The first kappa shape index (κ1) is 19.7. The number of hydrogen-bond acceptors (Lipinski definition) is 5. The Morgan fingerprint density at radius 3 is 2.12 bits per heavy atom. The summed E-state index contributed by atoms with van der Waals surface area (Å²) in [5.74, 6) is 0.768. The third-order valence-electron chi connectivity index (χ3n) is 3.30. The van der Waals surface area contributed by atoms with E-state index >= 15 is 0 Å². The molecule has 8 heteroatoms. The lowest BCUT2D eigenvalue weighted by molar-refractivity contribution is -0.115. The summed E-state index contributed by atoms with van der Waals surface area (Å²) in [4.78, 5) is 12.0. The Morgan fingerprint density at radius 2 is 1.58 bits per heavy atom. The number of amides is 1. The summed E-state index contributed by atoms with van der Waals surface area (Å²) < 4.78 is 37.1. The number of hydrogen-bond donors (Lipinski definition) is 2. The molecule has 7 nitrogen and oxygen atoms in total. The summed E-state index contributed by atoms with van der Waals surface area (Å²) >= 11 is 0. The fraction of sp³-hybridized carbons (Fsp3) is 0.278. The number of sulfonamides is 1. The molecule has 2 rings (SSSR count). The Hall–Kier alpha value is -2.58. The molecule has 0 saturated carbocycles. The third-order valence-corrected chi connectivity index (χ3v) is 4.72. The van der Waals surface area contributed by atoms with Crippen molar-refractivity contribution in [2.45, 2.75) is 24.8 Å². The van der Waals surface area contributed by atoms with Crippen LogP contribution in [0.5, 0.6) is 11.5 Å². The Morgan fingerprint density at radius 1 is 1.00 bits per heavy atom. The average molecular weight is 378 g/mol. The first-order valence-electron chi connectivity index (χ1n) is 8.00. The molecule has 1 amide bonds. The zero-order chi connectivity index (χ0) is 19.2. The fourth-order valence-electron chi connectivity index (χ4n) is 2.09. The highest BCUT2D eigenvalue weighted by Gasteiger charge is 2.15. The van der Waals surface area contributed by atoms with E-state index in [1.807, 2.05) is 13.8 Å². The van der Waals surface area contributed by atoms with Crippen molar-refractivity contribution in [3.63, 3.8) is 0 Å². The topological polar surface area (TPSA) is 93.7 Å². The zero-order valence-corrected chi connectivity index (χ0v) is 15.7. The molecule has 0 unspecified atom stereocenters. The molecule has 2 aromatic rings. The molecule has 0 spiro atoms. The van der Waals surface area contributed by atoms with Gasteiger partial charge in [0.15, 0.2) is 0 Å². The van der Waals surface area contributed by atoms with E-state index in [2.05, 4.69) is 10.0 Å². The van der Waals surface area contributed by atoms with Gasteiger partial charge in [-0.25, -0.2) is 13.1 Å². The summed E-state index contributed by atoms with van der Waals surface area (Å²) in [7, 11) is -2.29. The minimum Gasteiger partial charge on any atom is -0.497 e. The fourth-order valence-corrected chi connectivity index (χ4v) is 3.08. The van der Waals surface area contributed by atoms with Crippen molar-refractivity contribution >= 4 is 21.6 Å². The predicted molar refractivity (Wildman–Crippen MR) is 99.0 cm³/mol. The molecule has 0 saturated heterocycles. The molecule has 2 N–H and O–H groups in total. The normalized spacial score (nSPS) is 11.2. The summed E-state index contributed by atoms with van der Waals surface area (Å²) in [6.45, 7) is 3.47. The van der Waals surface area contributed by atoms with Gasteiger partial charge in [-0.15, -0.1) is 0 Å². The Kier molecular flexibility index (Phi) is 6.59. The van der Waals surface area contributed by atoms with E-state index in [1.165, 1.54) is 31.4 Å². The van der Waals surface area contributed by atoms with Crippen molar-refractivity contribution < 1.29 is 22.7 Å². The molecule has 0 bridgehead atoms. The molecule has 0 aliphatic heterocycles. The van der Waals surface area contributed by atoms with Gasteiger partial charge in [0, 0.05) is 5.69 Å². The molecule has 0 aromatic heterocycles. The van der Waals surface area contributed by atoms with Gasteiger partial charge < -0.3 is 14.8 Å². The monoisotopic (exact) mass is 378 g/mol. The van der Waals surface area contributed by atoms with E-state index in [4.69, 9.17) is 9.47 Å². The Bertz CT molecular complexity index is 831. The Labute approximate surface area is 153 Å². The van der Waals surface area contributed by atoms with Gasteiger partial charge in [0.2, 0.25) is 15.9 Å². The molecular weight excluding hydrogens is 356 g/mol. The predicted octanol–water partition coefficient (Wildman–Crippen LogP) is 2.40. The van der Waals surface area contributed by atoms with Gasteiger partial charge in [0.1, 0.15) is 11.5 Å². The largest absolute Gasteiger partial charge is 0.497 e. The summed E-state index contributed by atoms with van der Waals surface area (Å²) in [5.41, 5.74) is 0.551. The number of carbonyl (C=O) groups is 1. The second-order valence-corrected chi connectivity index (χ2v) is 7.51. The first-order valence-corrected chi connectivity index (χ1v) is 9.49. The second-order valence-electron chi connectivity index (χ2n) is 5.74. The molecule has 0 atom stereocenters. The van der Waals surface area contributed by atoms with Gasteiger partial charge in [-0.3, -0.25) is 4.79 Å². The molecule has 0 aliphatic rings. The lowest BCUT2D eigenvalue weighted by Crippen LogP contribution is -2.32. The highest BCUT2D eigenvalue weighted by Crippen LogP contribution is 2.17. The molecule has 2 aromatic carbocycles. The number of nitrogens with one attached hydrogen (secondary N) is 2. The van der Waals surface area contributed by atoms with Crippen LogP contribution < -0.4 is 19.5 Å². The van der Waals surface area contributed by atoms with Crippen molar-refractivity contribution in [3.05, 3.63) is 48.5 Å². The van der Waals surface area contributed by atoms with E-state index in [0.29, 0.717) is 17.2 Å². The minimum absolute atomic E-state index is 0.0567. The highest BCUT2D eigenvalue weighted by atomic mass is 32.2. The summed E-state index contributed by atoms with van der Waals surface area (Å²) in [5, 5.41) is 2.62. The van der Waals surface area contributed by atoms with Crippen LogP contribution in [-0.2, 0) is 14.8 Å². The number of anilines is 1. The van der Waals surface area contributed by atoms with Crippen LogP contribution in [0.3, 0.4) is 0 Å². The number of benzene rings is 2. The number of carbonyl (C=O) groups excluding carboxylic acids is 1. The van der Waals surface area contributed by atoms with Crippen LogP contribution in [0.25, 0.3) is 0 Å². The maximum atomic E-state index is 12.2. The molecule has 26 heavy (non-hydrogen) atoms. The van der Waals surface area contributed by atoms with Crippen LogP contribution in [0.2, 0.25) is 0 Å². The van der Waals surface area contributed by atoms with E-state index in [-0.39, 0.29) is 17.5 Å². The standard InChI is InChI=1S/C18H22N2O5S/c1-13(2)25-16-6-4-14(5-7-16)20-18(21)12-19-26(22,23)17-10-8-15(24-3)9-11-17/h4-11,13,19H,12H2,1-3H3,(H,20,21). The van der Waals surface area contributed by atoms with Crippen LogP contribution in [0.15, 0.2) is 53.4 Å². The van der Waals surface area contributed by atoms with Gasteiger partial charge in [0.05, 0.1) is 24.7 Å². The molecule has 0 aliphatic carbocycles. The van der Waals surface area contributed by atoms with E-state index < -0.39 is 15.9 Å². The highest BCUT2D eigenvalue weighted by molar-refractivity contribution is 7.89. The molecule has 0 radical (unpaired) electrons. The average Bonchev–Trinajstić information content (AvgIpc) is 2.61. The maximum Gasteiger partial charge on any atom is 0.241 e. The van der Waals surface area contributed by atoms with Crippen LogP contribution in [0.1, 0.15) is 13.8 Å². The molecule has 0 heterocycles. The van der Waals surface area contributed by atoms with Crippen LogP contribution in [-0.4, -0.2) is 34.1 Å². The van der Waals surface area contributed by atoms with Crippen molar-refractivity contribution in [3.8, 4) is 11.5 Å². The van der Waals surface area contributed by atoms with Crippen molar-refractivity contribution in [2.75, 3.05) is 19.0 Å². The van der Waals surface area contributed by atoms with E-state index in [0.717, 1.165) is 0 Å². The molecule has 0 fully saturated rings. The lowest BCUT2D eigenvalue weighted by Gasteiger charge is -2.11. The quantitative estimate of drug-likeness (QED) is 0.736. The minimum atomic E-state index is -3.78. The van der Waals surface area contributed by atoms with E-state index in [1.54, 1.807) is 24.3 Å². The van der Waals surface area contributed by atoms with Gasteiger partial charge in [-0.1, -0.05) is 0 Å². The number of rotatable bonds is 8. The first-order chi connectivity index (χ1) is 12.3. The SMILES string of the molecule is COc1ccc(S(=O)(=O)NCC(=O)Nc2ccc(OC(C)C)cc2)cc1. The molecule has 140 valence electrons. The summed E-state index contributed by atoms with van der Waals surface area (Å²) in [6.07, 6.45) is 0.0582. The maximum absolute atomic E-state index is 12.2. The van der Waals surface area contributed by atoms with Crippen LogP contribution >= 0.6 is 0 Å². The number of ether oxygens (including phenoxy) is 2. The van der Waals surface area contributed by atoms with Crippen LogP contribution in [0.4, 0.5) is 5.69 Å². The van der Waals surface area contributed by atoms with Gasteiger partial charge in [0.25, 0.3) is 0 Å².